The van der Waals surface area contributed by atoms with E-state index in [0.29, 0.717) is 16.9 Å². The number of fused-ring (bicyclic) bond motifs is 1. The molecule has 0 bridgehead atoms. The van der Waals surface area contributed by atoms with E-state index in [1.165, 1.54) is 14.0 Å². The van der Waals surface area contributed by atoms with Crippen LogP contribution in [0.5, 0.6) is 23.0 Å². The molecule has 266 valence electrons. The minimum atomic E-state index is -1.81. The third-order valence-electron chi connectivity index (χ3n) is 8.81. The molecular formula is C32H42O16. The van der Waals surface area contributed by atoms with Crippen LogP contribution in [0.3, 0.4) is 0 Å². The van der Waals surface area contributed by atoms with E-state index in [4.69, 9.17) is 33.2 Å². The van der Waals surface area contributed by atoms with E-state index in [9.17, 15) is 45.6 Å². The van der Waals surface area contributed by atoms with E-state index in [1.54, 1.807) is 31.2 Å². The Hall–Kier alpha value is -3.29. The first-order chi connectivity index (χ1) is 22.8. The Kier molecular flexibility index (Phi) is 11.0. The highest BCUT2D eigenvalue weighted by molar-refractivity contribution is 5.66. The van der Waals surface area contributed by atoms with Crippen molar-refractivity contribution in [2.45, 2.75) is 101 Å². The number of hydrogen-bond donors (Lipinski definition) is 8. The smallest absolute Gasteiger partial charge is 0.302 e. The van der Waals surface area contributed by atoms with Crippen molar-refractivity contribution in [3.05, 3.63) is 46.5 Å². The Morgan fingerprint density at radius 2 is 1.35 bits per heavy atom. The maximum absolute atomic E-state index is 11.6. The van der Waals surface area contributed by atoms with E-state index in [-0.39, 0.29) is 34.8 Å². The number of carbonyl (C=O) groups is 1. The average Bonchev–Trinajstić information content (AvgIpc) is 3.07. The summed E-state index contributed by atoms with van der Waals surface area (Å²) in [5, 5.41) is 84.5. The minimum Gasteiger partial charge on any atom is -0.497 e. The van der Waals surface area contributed by atoms with Gasteiger partial charge in [-0.25, -0.2) is 0 Å². The molecule has 0 saturated carbocycles. The van der Waals surface area contributed by atoms with Gasteiger partial charge in [0.05, 0.1) is 25.4 Å². The summed E-state index contributed by atoms with van der Waals surface area (Å²) >= 11 is 0. The van der Waals surface area contributed by atoms with Crippen LogP contribution < -0.4 is 18.9 Å². The van der Waals surface area contributed by atoms with Crippen molar-refractivity contribution in [3.8, 4) is 23.0 Å². The monoisotopic (exact) mass is 682 g/mol. The minimum absolute atomic E-state index is 0.00185. The fourth-order valence-electron chi connectivity index (χ4n) is 6.06. The first-order valence-corrected chi connectivity index (χ1v) is 15.4. The van der Waals surface area contributed by atoms with Crippen molar-refractivity contribution in [3.63, 3.8) is 0 Å². The largest absolute Gasteiger partial charge is 0.497 e. The molecule has 16 heteroatoms. The van der Waals surface area contributed by atoms with Crippen molar-refractivity contribution >= 4 is 5.97 Å². The third-order valence-corrected chi connectivity index (χ3v) is 8.81. The van der Waals surface area contributed by atoms with E-state index in [0.717, 1.165) is 6.92 Å². The maximum Gasteiger partial charge on any atom is 0.302 e. The number of aliphatic hydroxyl groups excluding tert-OH is 8. The van der Waals surface area contributed by atoms with Gasteiger partial charge in [0.2, 0.25) is 12.6 Å². The van der Waals surface area contributed by atoms with Crippen LogP contribution in [-0.2, 0) is 19.0 Å². The average molecular weight is 683 g/mol. The molecule has 3 aliphatic heterocycles. The van der Waals surface area contributed by atoms with Crippen molar-refractivity contribution in [2.75, 3.05) is 20.3 Å². The van der Waals surface area contributed by atoms with Gasteiger partial charge in [-0.15, -0.1) is 0 Å². The van der Waals surface area contributed by atoms with Gasteiger partial charge in [-0.1, -0.05) is 12.1 Å². The van der Waals surface area contributed by atoms with Crippen LogP contribution in [0.4, 0.5) is 0 Å². The number of hydrogen-bond acceptors (Lipinski definition) is 16. The van der Waals surface area contributed by atoms with Crippen molar-refractivity contribution < 1.29 is 78.8 Å². The molecule has 2 aromatic carbocycles. The van der Waals surface area contributed by atoms with Crippen molar-refractivity contribution in [1.29, 1.82) is 0 Å². The van der Waals surface area contributed by atoms with Gasteiger partial charge in [-0.2, -0.15) is 0 Å². The zero-order valence-corrected chi connectivity index (χ0v) is 26.7. The van der Waals surface area contributed by atoms with Crippen LogP contribution >= 0.6 is 0 Å². The second-order valence-electron chi connectivity index (χ2n) is 12.0. The number of esters is 1. The zero-order chi connectivity index (χ0) is 35.0. The molecule has 0 radical (unpaired) electrons. The Morgan fingerprint density at radius 1 is 0.792 bits per heavy atom. The van der Waals surface area contributed by atoms with Crippen LogP contribution in [0.15, 0.2) is 24.3 Å². The summed E-state index contributed by atoms with van der Waals surface area (Å²) in [6, 6.07) is 7.02. The summed E-state index contributed by atoms with van der Waals surface area (Å²) in [6.45, 7) is 3.12. The second kappa shape index (κ2) is 14.7. The van der Waals surface area contributed by atoms with E-state index in [1.807, 2.05) is 0 Å². The quantitative estimate of drug-likeness (QED) is 0.145. The Balaban J connectivity index is 1.57. The first kappa shape index (κ1) is 36.0. The summed E-state index contributed by atoms with van der Waals surface area (Å²) in [5.41, 5.74) is 1.35. The number of aliphatic hydroxyl groups is 8. The van der Waals surface area contributed by atoms with Gasteiger partial charge in [0.1, 0.15) is 84.5 Å². The molecule has 5 rings (SSSR count). The van der Waals surface area contributed by atoms with Gasteiger partial charge in [-0.3, -0.25) is 4.79 Å². The molecule has 2 fully saturated rings. The summed E-state index contributed by atoms with van der Waals surface area (Å²) in [5.74, 6) is -0.0579. The Morgan fingerprint density at radius 3 is 1.92 bits per heavy atom. The van der Waals surface area contributed by atoms with Crippen molar-refractivity contribution in [2.24, 2.45) is 0 Å². The maximum atomic E-state index is 11.6. The molecule has 0 aromatic heterocycles. The van der Waals surface area contributed by atoms with E-state index < -0.39 is 92.8 Å². The molecule has 2 saturated heterocycles. The van der Waals surface area contributed by atoms with Crippen LogP contribution in [0, 0.1) is 13.8 Å². The highest BCUT2D eigenvalue weighted by Gasteiger charge is 2.48. The predicted octanol–water partition coefficient (Wildman–Crippen LogP) is -1.20. The molecule has 3 aliphatic rings. The standard InChI is InChI=1S/C32H42O16/c1-12-28(47-31-26(40)24(38)22(36)19(10-33)45-31)13(2)30(48-32-27(41)25(39)23(37)20(46-32)11-43-14(3)34)21-17(35)9-18(44-29(12)21)15-5-7-16(42-4)8-6-15/h5-8,17-20,22-27,31-33,35-41H,9-11H2,1-4H3/t17-,18+,19-,20-,22-,23-,24+,25+,26-,27-,31+,32+/m1/s1. The predicted molar refractivity (Wildman–Crippen MR) is 160 cm³/mol. The SMILES string of the molecule is COc1ccc([C@@H]2C[C@@H](O)c3c(O[C@@H]4O[C@H](COC(C)=O)[C@@H](O)[C@H](O)[C@H]4O)c(C)c(O[C@@H]4O[C@H](CO)[C@@H](O)[C@H](O)[C@H]4O)c(C)c3O2)cc1. The molecular weight excluding hydrogens is 640 g/mol. The van der Waals surface area contributed by atoms with Gasteiger partial charge in [0.25, 0.3) is 0 Å². The number of ether oxygens (including phenoxy) is 7. The molecule has 3 heterocycles. The highest BCUT2D eigenvalue weighted by Crippen LogP contribution is 2.53. The van der Waals surface area contributed by atoms with E-state index >= 15 is 0 Å². The third kappa shape index (κ3) is 6.91. The lowest BCUT2D eigenvalue weighted by Crippen LogP contribution is -2.60. The van der Waals surface area contributed by atoms with Gasteiger partial charge in [0, 0.05) is 24.5 Å². The second-order valence-corrected chi connectivity index (χ2v) is 12.0. The molecule has 16 nitrogen and oxygen atoms in total. The van der Waals surface area contributed by atoms with Gasteiger partial charge in [0.15, 0.2) is 0 Å². The normalized spacial score (nSPS) is 34.8. The molecule has 2 aromatic rings. The van der Waals surface area contributed by atoms with Crippen LogP contribution in [0.2, 0.25) is 0 Å². The number of carbonyl (C=O) groups excluding carboxylic acids is 1. The molecule has 0 aliphatic carbocycles. The lowest BCUT2D eigenvalue weighted by atomic mass is 9.90. The van der Waals surface area contributed by atoms with E-state index in [2.05, 4.69) is 0 Å². The fourth-order valence-corrected chi connectivity index (χ4v) is 6.06. The lowest BCUT2D eigenvalue weighted by Gasteiger charge is -2.42. The Labute approximate surface area is 275 Å². The number of benzene rings is 2. The van der Waals surface area contributed by atoms with Crippen molar-refractivity contribution in [1.82, 2.24) is 0 Å². The topological polar surface area (TPSA) is 244 Å². The summed E-state index contributed by atoms with van der Waals surface area (Å²) in [7, 11) is 1.53. The molecule has 0 amide bonds. The number of methoxy groups -OCH3 is 1. The molecule has 48 heavy (non-hydrogen) atoms. The fraction of sp³-hybridized carbons (Fsp3) is 0.594. The summed E-state index contributed by atoms with van der Waals surface area (Å²) in [6.07, 6.45) is -18.0. The zero-order valence-electron chi connectivity index (χ0n) is 26.7. The summed E-state index contributed by atoms with van der Waals surface area (Å²) < 4.78 is 40.1. The van der Waals surface area contributed by atoms with Crippen LogP contribution in [-0.4, -0.2) is 129 Å². The van der Waals surface area contributed by atoms with Gasteiger partial charge >= 0.3 is 5.97 Å². The van der Waals surface area contributed by atoms with Gasteiger partial charge in [-0.05, 0) is 31.5 Å². The van der Waals surface area contributed by atoms with Gasteiger partial charge < -0.3 is 74.0 Å². The van der Waals surface area contributed by atoms with Crippen LogP contribution in [0.25, 0.3) is 0 Å². The number of rotatable bonds is 9. The molecule has 0 spiro atoms. The molecule has 8 N–H and O–H groups in total. The Bertz CT molecular complexity index is 1430. The molecule has 0 unspecified atom stereocenters. The highest BCUT2D eigenvalue weighted by atomic mass is 16.7. The van der Waals surface area contributed by atoms with Crippen LogP contribution in [0.1, 0.15) is 47.8 Å². The molecule has 12 atom stereocenters. The summed E-state index contributed by atoms with van der Waals surface area (Å²) in [4.78, 5) is 11.4. The lowest BCUT2D eigenvalue weighted by molar-refractivity contribution is -0.279. The first-order valence-electron chi connectivity index (χ1n) is 15.4.